The summed E-state index contributed by atoms with van der Waals surface area (Å²) in [6.45, 7) is 1.69. The normalized spacial score (nSPS) is 13.4. The molecule has 0 saturated heterocycles. The smallest absolute Gasteiger partial charge is 0.0582 e. The topological polar surface area (TPSA) is 66.2 Å². The summed E-state index contributed by atoms with van der Waals surface area (Å²) in [6, 6.07) is -0.792. The van der Waals surface area contributed by atoms with Crippen LogP contribution in [0.1, 0.15) is 13.3 Å². The third kappa shape index (κ3) is 2.17. The number of carbonyl (C=O) groups excluding carboxylic acids is 1. The van der Waals surface area contributed by atoms with Crippen LogP contribution in [0.2, 0.25) is 0 Å². The number of rotatable bonds is 2. The van der Waals surface area contributed by atoms with E-state index < -0.39 is 12.0 Å². The van der Waals surface area contributed by atoms with Gasteiger partial charge in [-0.25, -0.2) is 0 Å². The lowest BCUT2D eigenvalue weighted by Gasteiger charge is -2.06. The second-order valence-corrected chi connectivity index (χ2v) is 1.33. The second-order valence-electron chi connectivity index (χ2n) is 1.33. The summed E-state index contributed by atoms with van der Waals surface area (Å²) in [5.74, 6) is -1.18. The lowest BCUT2D eigenvalue weighted by atomic mass is 10.2. The van der Waals surface area contributed by atoms with Crippen LogP contribution in [0.5, 0.6) is 0 Å². The number of aliphatic carboxylic acids is 1. The van der Waals surface area contributed by atoms with Gasteiger partial charge in [0.1, 0.15) is 0 Å². The fraction of sp³-hybridized carbons (Fsp3) is 0.750. The minimum Gasteiger partial charge on any atom is -0.548 e. The number of carboxylic acids is 1. The van der Waals surface area contributed by atoms with Crippen molar-refractivity contribution in [2.45, 2.75) is 19.4 Å². The molecule has 2 N–H and O–H groups in total. The third-order valence-electron chi connectivity index (χ3n) is 0.743. The quantitative estimate of drug-likeness (QED) is 0.460. The first-order valence-corrected chi connectivity index (χ1v) is 2.15. The SMILES string of the molecule is CCC(N)C(=O)[O-]. The van der Waals surface area contributed by atoms with Crippen LogP contribution in [0.25, 0.3) is 0 Å². The molecule has 1 atom stereocenters. The van der Waals surface area contributed by atoms with E-state index in [9.17, 15) is 9.90 Å². The molecule has 3 nitrogen and oxygen atoms in total. The Bertz CT molecular complexity index is 72.1. The summed E-state index contributed by atoms with van der Waals surface area (Å²) in [6.07, 6.45) is 0.433. The van der Waals surface area contributed by atoms with Gasteiger partial charge in [0.25, 0.3) is 0 Å². The Labute approximate surface area is 42.1 Å². The molecule has 3 heteroatoms. The zero-order chi connectivity index (χ0) is 5.86. The Morgan fingerprint density at radius 2 is 2.43 bits per heavy atom. The Balaban J connectivity index is 3.34. The molecule has 1 unspecified atom stereocenters. The summed E-state index contributed by atoms with van der Waals surface area (Å²) < 4.78 is 0. The van der Waals surface area contributed by atoms with Crippen molar-refractivity contribution in [3.05, 3.63) is 0 Å². The van der Waals surface area contributed by atoms with Crippen molar-refractivity contribution >= 4 is 5.97 Å². The predicted octanol–water partition coefficient (Wildman–Crippen LogP) is -1.53. The molecular formula is C4H8NO2-. The number of nitrogens with two attached hydrogens (primary N) is 1. The Morgan fingerprint density at radius 3 is 2.43 bits per heavy atom. The first-order chi connectivity index (χ1) is 3.18. The molecule has 0 aliphatic rings. The van der Waals surface area contributed by atoms with E-state index in [4.69, 9.17) is 5.73 Å². The molecule has 7 heavy (non-hydrogen) atoms. The van der Waals surface area contributed by atoms with Gasteiger partial charge in [-0.05, 0) is 6.42 Å². The number of carboxylic acid groups (broad SMARTS) is 1. The van der Waals surface area contributed by atoms with Gasteiger partial charge in [0.2, 0.25) is 0 Å². The lowest BCUT2D eigenvalue weighted by Crippen LogP contribution is -2.41. The Kier molecular flexibility index (Phi) is 2.37. The third-order valence-corrected chi connectivity index (χ3v) is 0.743. The molecule has 0 heterocycles. The molecule has 0 amide bonds. The molecule has 0 radical (unpaired) electrons. The summed E-state index contributed by atoms with van der Waals surface area (Å²) >= 11 is 0. The van der Waals surface area contributed by atoms with E-state index in [0.29, 0.717) is 6.42 Å². The molecular weight excluding hydrogens is 94.0 g/mol. The molecule has 0 aromatic carbocycles. The van der Waals surface area contributed by atoms with Crippen molar-refractivity contribution in [1.29, 1.82) is 0 Å². The van der Waals surface area contributed by atoms with Gasteiger partial charge < -0.3 is 15.6 Å². The van der Waals surface area contributed by atoms with Crippen LogP contribution in [-0.2, 0) is 4.79 Å². The highest BCUT2D eigenvalue weighted by molar-refractivity contribution is 5.70. The first-order valence-electron chi connectivity index (χ1n) is 2.15. The number of hydrogen-bond donors (Lipinski definition) is 1. The van der Waals surface area contributed by atoms with Gasteiger partial charge >= 0.3 is 0 Å². The summed E-state index contributed by atoms with van der Waals surface area (Å²) in [5.41, 5.74) is 4.95. The highest BCUT2D eigenvalue weighted by Gasteiger charge is 1.94. The van der Waals surface area contributed by atoms with Gasteiger partial charge in [0.05, 0.1) is 5.97 Å². The van der Waals surface area contributed by atoms with Crippen LogP contribution in [0.15, 0.2) is 0 Å². The van der Waals surface area contributed by atoms with Gasteiger partial charge in [-0.15, -0.1) is 0 Å². The van der Waals surface area contributed by atoms with E-state index in [1.807, 2.05) is 0 Å². The summed E-state index contributed by atoms with van der Waals surface area (Å²) in [4.78, 5) is 9.69. The maximum atomic E-state index is 9.69. The van der Waals surface area contributed by atoms with E-state index >= 15 is 0 Å². The zero-order valence-electron chi connectivity index (χ0n) is 4.18. The van der Waals surface area contributed by atoms with Gasteiger partial charge in [0, 0.05) is 6.04 Å². The van der Waals surface area contributed by atoms with Crippen LogP contribution in [-0.4, -0.2) is 12.0 Å². The van der Waals surface area contributed by atoms with Crippen LogP contribution in [0.4, 0.5) is 0 Å². The van der Waals surface area contributed by atoms with E-state index in [1.165, 1.54) is 0 Å². The predicted molar refractivity (Wildman–Crippen MR) is 23.3 cm³/mol. The summed E-state index contributed by atoms with van der Waals surface area (Å²) in [5, 5.41) is 9.69. The minimum atomic E-state index is -1.18. The molecule has 0 aliphatic heterocycles. The standard InChI is InChI=1S/C4H9NO2/c1-2-3(5)4(6)7/h3H,2,5H2,1H3,(H,6,7)/p-1. The highest BCUT2D eigenvalue weighted by Crippen LogP contribution is 1.79. The van der Waals surface area contributed by atoms with Crippen molar-refractivity contribution in [3.63, 3.8) is 0 Å². The summed E-state index contributed by atoms with van der Waals surface area (Å²) in [7, 11) is 0. The van der Waals surface area contributed by atoms with Crippen LogP contribution in [0, 0.1) is 0 Å². The zero-order valence-corrected chi connectivity index (χ0v) is 4.18. The van der Waals surface area contributed by atoms with E-state index in [0.717, 1.165) is 0 Å². The number of hydrogen-bond acceptors (Lipinski definition) is 3. The highest BCUT2D eigenvalue weighted by atomic mass is 16.4. The van der Waals surface area contributed by atoms with Gasteiger partial charge in [-0.1, -0.05) is 6.92 Å². The monoisotopic (exact) mass is 102 g/mol. The van der Waals surface area contributed by atoms with Crippen molar-refractivity contribution in [2.24, 2.45) is 5.73 Å². The molecule has 0 aromatic heterocycles. The fourth-order valence-electron chi connectivity index (χ4n) is 0.167. The fourth-order valence-corrected chi connectivity index (χ4v) is 0.167. The van der Waals surface area contributed by atoms with E-state index in [2.05, 4.69) is 0 Å². The molecule has 0 rings (SSSR count). The van der Waals surface area contributed by atoms with Crippen LogP contribution in [0.3, 0.4) is 0 Å². The van der Waals surface area contributed by atoms with Crippen molar-refractivity contribution in [2.75, 3.05) is 0 Å². The minimum absolute atomic E-state index is 0.433. The average molecular weight is 102 g/mol. The van der Waals surface area contributed by atoms with Crippen molar-refractivity contribution in [3.8, 4) is 0 Å². The Morgan fingerprint density at radius 1 is 2.00 bits per heavy atom. The van der Waals surface area contributed by atoms with Gasteiger partial charge in [0.15, 0.2) is 0 Å². The van der Waals surface area contributed by atoms with E-state index in [-0.39, 0.29) is 0 Å². The van der Waals surface area contributed by atoms with Gasteiger partial charge in [-0.2, -0.15) is 0 Å². The lowest BCUT2D eigenvalue weighted by molar-refractivity contribution is -0.307. The van der Waals surface area contributed by atoms with Gasteiger partial charge in [-0.3, -0.25) is 0 Å². The average Bonchev–Trinajstić information content (AvgIpc) is 1.65. The molecule has 0 aromatic rings. The van der Waals surface area contributed by atoms with Crippen LogP contribution < -0.4 is 10.8 Å². The molecule has 0 spiro atoms. The molecule has 42 valence electrons. The van der Waals surface area contributed by atoms with Crippen molar-refractivity contribution in [1.82, 2.24) is 0 Å². The van der Waals surface area contributed by atoms with E-state index in [1.54, 1.807) is 6.92 Å². The molecule has 0 saturated carbocycles. The maximum Gasteiger partial charge on any atom is 0.0582 e. The Hall–Kier alpha value is -0.570. The van der Waals surface area contributed by atoms with Crippen LogP contribution >= 0.6 is 0 Å². The largest absolute Gasteiger partial charge is 0.548 e. The molecule has 0 aliphatic carbocycles. The van der Waals surface area contributed by atoms with Crippen molar-refractivity contribution < 1.29 is 9.90 Å². The number of carbonyl (C=O) groups is 1. The first kappa shape index (κ1) is 6.43. The molecule has 0 bridgehead atoms. The maximum absolute atomic E-state index is 9.69. The molecule has 0 fully saturated rings. The second kappa shape index (κ2) is 2.58.